The van der Waals surface area contributed by atoms with E-state index in [9.17, 15) is 0 Å². The van der Waals surface area contributed by atoms with Crippen LogP contribution in [0.4, 0.5) is 0 Å². The number of hydrogen-bond donors (Lipinski definition) is 2. The summed E-state index contributed by atoms with van der Waals surface area (Å²) in [5, 5.41) is 7.66. The van der Waals surface area contributed by atoms with Crippen molar-refractivity contribution in [3.05, 3.63) is 24.4 Å². The van der Waals surface area contributed by atoms with Gasteiger partial charge in [-0.2, -0.15) is 5.10 Å². The van der Waals surface area contributed by atoms with E-state index >= 15 is 0 Å². The van der Waals surface area contributed by atoms with Gasteiger partial charge in [-0.1, -0.05) is 6.42 Å². The standard InChI is InChI=1S/C12H17N5/c1-17-8-9(6-15-17)11-7-14-12(16-11)10-4-2-3-5-13-10/h6-8,10,13H,2-5H2,1H3,(H,14,16). The number of aromatic nitrogens is 4. The van der Waals surface area contributed by atoms with Gasteiger partial charge in [-0.15, -0.1) is 0 Å². The van der Waals surface area contributed by atoms with Crippen LogP contribution in [0.5, 0.6) is 0 Å². The van der Waals surface area contributed by atoms with Crippen molar-refractivity contribution in [1.29, 1.82) is 0 Å². The maximum atomic E-state index is 4.47. The lowest BCUT2D eigenvalue weighted by Crippen LogP contribution is -2.27. The fourth-order valence-corrected chi connectivity index (χ4v) is 2.31. The van der Waals surface area contributed by atoms with Crippen LogP contribution in [0.2, 0.25) is 0 Å². The van der Waals surface area contributed by atoms with Gasteiger partial charge in [0.1, 0.15) is 5.82 Å². The molecule has 1 atom stereocenters. The molecule has 2 aromatic heterocycles. The number of imidazole rings is 1. The van der Waals surface area contributed by atoms with Gasteiger partial charge >= 0.3 is 0 Å². The Morgan fingerprint density at radius 3 is 3.00 bits per heavy atom. The van der Waals surface area contributed by atoms with E-state index in [0.717, 1.165) is 23.6 Å². The van der Waals surface area contributed by atoms with Crippen LogP contribution in [0.1, 0.15) is 31.1 Å². The zero-order chi connectivity index (χ0) is 11.7. The molecule has 17 heavy (non-hydrogen) atoms. The summed E-state index contributed by atoms with van der Waals surface area (Å²) in [7, 11) is 1.92. The lowest BCUT2D eigenvalue weighted by molar-refractivity contribution is 0.399. The number of aryl methyl sites for hydroxylation is 1. The molecule has 5 heteroatoms. The van der Waals surface area contributed by atoms with Crippen LogP contribution in [0.25, 0.3) is 11.3 Å². The molecule has 3 rings (SSSR count). The maximum Gasteiger partial charge on any atom is 0.123 e. The minimum atomic E-state index is 0.383. The van der Waals surface area contributed by atoms with Crippen molar-refractivity contribution < 1.29 is 0 Å². The molecule has 1 saturated heterocycles. The normalized spacial score (nSPS) is 20.6. The summed E-state index contributed by atoms with van der Waals surface area (Å²) in [5.74, 6) is 1.04. The predicted octanol–water partition coefficient (Wildman–Crippen LogP) is 1.62. The average molecular weight is 231 g/mol. The Kier molecular flexibility index (Phi) is 2.68. The molecule has 1 aliphatic rings. The second-order valence-electron chi connectivity index (χ2n) is 4.59. The van der Waals surface area contributed by atoms with Gasteiger partial charge < -0.3 is 10.3 Å². The SMILES string of the molecule is Cn1cc(-c2cnc(C3CCCCN3)[nH]2)cn1. The van der Waals surface area contributed by atoms with E-state index in [-0.39, 0.29) is 0 Å². The van der Waals surface area contributed by atoms with Gasteiger partial charge in [0, 0.05) is 18.8 Å². The van der Waals surface area contributed by atoms with Gasteiger partial charge in [-0.3, -0.25) is 4.68 Å². The quantitative estimate of drug-likeness (QED) is 0.825. The monoisotopic (exact) mass is 231 g/mol. The second-order valence-corrected chi connectivity index (χ2v) is 4.59. The van der Waals surface area contributed by atoms with Gasteiger partial charge in [0.2, 0.25) is 0 Å². The molecule has 1 aliphatic heterocycles. The number of aromatic amines is 1. The van der Waals surface area contributed by atoms with Crippen molar-refractivity contribution in [2.75, 3.05) is 6.54 Å². The summed E-state index contributed by atoms with van der Waals surface area (Å²) in [6.07, 6.45) is 9.45. The Morgan fingerprint density at radius 2 is 2.29 bits per heavy atom. The zero-order valence-electron chi connectivity index (χ0n) is 9.98. The Hall–Kier alpha value is -1.62. The van der Waals surface area contributed by atoms with E-state index in [1.807, 2.05) is 25.6 Å². The third-order valence-corrected chi connectivity index (χ3v) is 3.25. The summed E-state index contributed by atoms with van der Waals surface area (Å²) in [6, 6.07) is 0.383. The molecule has 1 unspecified atom stereocenters. The Balaban J connectivity index is 1.82. The van der Waals surface area contributed by atoms with Crippen LogP contribution in [0.3, 0.4) is 0 Å². The molecule has 0 amide bonds. The first-order chi connectivity index (χ1) is 8.33. The number of piperidine rings is 1. The molecule has 0 saturated carbocycles. The Morgan fingerprint density at radius 1 is 1.35 bits per heavy atom. The van der Waals surface area contributed by atoms with Crippen molar-refractivity contribution in [3.8, 4) is 11.3 Å². The summed E-state index contributed by atoms with van der Waals surface area (Å²) in [4.78, 5) is 7.86. The molecule has 0 aliphatic carbocycles. The molecule has 3 heterocycles. The molecular formula is C12H17N5. The predicted molar refractivity (Wildman–Crippen MR) is 65.4 cm³/mol. The van der Waals surface area contributed by atoms with E-state index in [2.05, 4.69) is 20.4 Å². The first-order valence-electron chi connectivity index (χ1n) is 6.10. The molecule has 2 aromatic rings. The minimum absolute atomic E-state index is 0.383. The van der Waals surface area contributed by atoms with Gasteiger partial charge in [-0.05, 0) is 19.4 Å². The molecule has 2 N–H and O–H groups in total. The van der Waals surface area contributed by atoms with Crippen molar-refractivity contribution >= 4 is 0 Å². The first-order valence-corrected chi connectivity index (χ1v) is 6.10. The van der Waals surface area contributed by atoms with Crippen molar-refractivity contribution in [2.45, 2.75) is 25.3 Å². The van der Waals surface area contributed by atoms with E-state index < -0.39 is 0 Å². The van der Waals surface area contributed by atoms with Crippen LogP contribution in [0, 0.1) is 0 Å². The number of H-pyrrole nitrogens is 1. The molecule has 90 valence electrons. The van der Waals surface area contributed by atoms with Crippen LogP contribution in [0.15, 0.2) is 18.6 Å². The molecule has 0 radical (unpaired) electrons. The summed E-state index contributed by atoms with van der Waals surface area (Å²) in [6.45, 7) is 1.09. The van der Waals surface area contributed by atoms with Crippen LogP contribution in [-0.2, 0) is 7.05 Å². The number of nitrogens with zero attached hydrogens (tertiary/aromatic N) is 3. The average Bonchev–Trinajstić information content (AvgIpc) is 2.98. The topological polar surface area (TPSA) is 58.5 Å². The van der Waals surface area contributed by atoms with Gasteiger partial charge in [0.15, 0.2) is 0 Å². The Bertz CT molecular complexity index is 492. The number of nitrogens with one attached hydrogen (secondary N) is 2. The first kappa shape index (κ1) is 10.5. The van der Waals surface area contributed by atoms with E-state index in [4.69, 9.17) is 0 Å². The number of rotatable bonds is 2. The lowest BCUT2D eigenvalue weighted by Gasteiger charge is -2.21. The smallest absolute Gasteiger partial charge is 0.123 e. The van der Waals surface area contributed by atoms with Crippen molar-refractivity contribution in [3.63, 3.8) is 0 Å². The summed E-state index contributed by atoms with van der Waals surface area (Å²) in [5.41, 5.74) is 2.13. The fraction of sp³-hybridized carbons (Fsp3) is 0.500. The van der Waals surface area contributed by atoms with E-state index in [1.165, 1.54) is 19.3 Å². The molecule has 0 spiro atoms. The highest BCUT2D eigenvalue weighted by atomic mass is 15.2. The van der Waals surface area contributed by atoms with E-state index in [1.54, 1.807) is 4.68 Å². The van der Waals surface area contributed by atoms with Gasteiger partial charge in [-0.25, -0.2) is 4.98 Å². The molecule has 0 bridgehead atoms. The highest BCUT2D eigenvalue weighted by molar-refractivity contribution is 5.56. The molecule has 0 aromatic carbocycles. The number of hydrogen-bond acceptors (Lipinski definition) is 3. The highest BCUT2D eigenvalue weighted by Gasteiger charge is 2.17. The largest absolute Gasteiger partial charge is 0.341 e. The summed E-state index contributed by atoms with van der Waals surface area (Å²) < 4.78 is 1.80. The highest BCUT2D eigenvalue weighted by Crippen LogP contribution is 2.23. The third-order valence-electron chi connectivity index (χ3n) is 3.25. The van der Waals surface area contributed by atoms with Crippen molar-refractivity contribution in [1.82, 2.24) is 25.1 Å². The van der Waals surface area contributed by atoms with Gasteiger partial charge in [0.25, 0.3) is 0 Å². The van der Waals surface area contributed by atoms with Crippen LogP contribution < -0.4 is 5.32 Å². The Labute approximate surface area is 100 Å². The van der Waals surface area contributed by atoms with Crippen molar-refractivity contribution in [2.24, 2.45) is 7.05 Å². The van der Waals surface area contributed by atoms with Gasteiger partial charge in [0.05, 0.1) is 24.1 Å². The molecule has 1 fully saturated rings. The third kappa shape index (κ3) is 2.10. The van der Waals surface area contributed by atoms with E-state index in [0.29, 0.717) is 6.04 Å². The van der Waals surface area contributed by atoms with Crippen LogP contribution in [-0.4, -0.2) is 26.3 Å². The lowest BCUT2D eigenvalue weighted by atomic mass is 10.0. The molecular weight excluding hydrogens is 214 g/mol. The summed E-state index contributed by atoms with van der Waals surface area (Å²) >= 11 is 0. The molecule has 5 nitrogen and oxygen atoms in total. The zero-order valence-corrected chi connectivity index (χ0v) is 9.98. The minimum Gasteiger partial charge on any atom is -0.341 e. The fourth-order valence-electron chi connectivity index (χ4n) is 2.31. The maximum absolute atomic E-state index is 4.47. The second kappa shape index (κ2) is 4.33. The van der Waals surface area contributed by atoms with Crippen LogP contribution >= 0.6 is 0 Å².